The Balaban J connectivity index is 1.81. The highest BCUT2D eigenvalue weighted by atomic mass is 14.9. The van der Waals surface area contributed by atoms with Crippen LogP contribution in [0.4, 0.5) is 0 Å². The lowest BCUT2D eigenvalue weighted by molar-refractivity contribution is -0.659. The zero-order valence-electron chi connectivity index (χ0n) is 19.9. The summed E-state index contributed by atoms with van der Waals surface area (Å²) in [4.78, 5) is 4.82. The molecule has 158 valence electrons. The van der Waals surface area contributed by atoms with Gasteiger partial charge in [0, 0.05) is 23.4 Å². The Morgan fingerprint density at radius 3 is 2.35 bits per heavy atom. The minimum atomic E-state index is 0.263. The molecule has 2 nitrogen and oxygen atoms in total. The predicted octanol–water partition coefficient (Wildman–Crippen LogP) is 6.91. The van der Waals surface area contributed by atoms with Gasteiger partial charge < -0.3 is 0 Å². The third-order valence-corrected chi connectivity index (χ3v) is 6.06. The first-order chi connectivity index (χ1) is 14.6. The van der Waals surface area contributed by atoms with Crippen molar-refractivity contribution in [3.63, 3.8) is 0 Å². The fourth-order valence-corrected chi connectivity index (χ4v) is 4.46. The van der Waals surface area contributed by atoms with E-state index < -0.39 is 0 Å². The van der Waals surface area contributed by atoms with Crippen molar-refractivity contribution >= 4 is 10.8 Å². The van der Waals surface area contributed by atoms with E-state index in [2.05, 4.69) is 108 Å². The summed E-state index contributed by atoms with van der Waals surface area (Å²) < 4.78 is 2.25. The minimum absolute atomic E-state index is 0.263. The van der Waals surface area contributed by atoms with Crippen LogP contribution < -0.4 is 4.57 Å². The summed E-state index contributed by atoms with van der Waals surface area (Å²) in [6.45, 7) is 13.4. The number of pyridine rings is 2. The van der Waals surface area contributed by atoms with Crippen molar-refractivity contribution in [1.29, 1.82) is 0 Å². The van der Waals surface area contributed by atoms with Crippen LogP contribution in [0.5, 0.6) is 0 Å². The summed E-state index contributed by atoms with van der Waals surface area (Å²) in [6.07, 6.45) is 5.32. The molecule has 31 heavy (non-hydrogen) atoms. The van der Waals surface area contributed by atoms with Crippen LogP contribution in [0.3, 0.4) is 0 Å². The second kappa shape index (κ2) is 7.92. The lowest BCUT2D eigenvalue weighted by atomic mass is 9.88. The van der Waals surface area contributed by atoms with E-state index in [-0.39, 0.29) is 5.41 Å². The molecule has 4 aromatic rings. The normalized spacial score (nSPS) is 11.8. The van der Waals surface area contributed by atoms with E-state index in [0.717, 1.165) is 12.1 Å². The lowest BCUT2D eigenvalue weighted by Crippen LogP contribution is -2.30. The predicted molar refractivity (Wildman–Crippen MR) is 131 cm³/mol. The van der Waals surface area contributed by atoms with Crippen LogP contribution in [-0.2, 0) is 13.5 Å². The quantitative estimate of drug-likeness (QED) is 0.336. The van der Waals surface area contributed by atoms with Crippen molar-refractivity contribution in [2.75, 3.05) is 0 Å². The highest BCUT2D eigenvalue weighted by Crippen LogP contribution is 2.31. The van der Waals surface area contributed by atoms with Gasteiger partial charge in [-0.1, -0.05) is 56.7 Å². The van der Waals surface area contributed by atoms with Crippen LogP contribution in [0.2, 0.25) is 0 Å². The van der Waals surface area contributed by atoms with E-state index in [0.29, 0.717) is 0 Å². The Morgan fingerprint density at radius 1 is 0.903 bits per heavy atom. The number of nitrogens with zero attached hydrogens (tertiary/aromatic N) is 2. The van der Waals surface area contributed by atoms with Gasteiger partial charge >= 0.3 is 0 Å². The van der Waals surface area contributed by atoms with Crippen molar-refractivity contribution in [3.05, 3.63) is 83.2 Å². The largest absolute Gasteiger partial charge is 0.256 e. The zero-order chi connectivity index (χ0) is 22.3. The number of rotatable bonds is 3. The number of benzene rings is 2. The topological polar surface area (TPSA) is 16.8 Å². The molecule has 0 spiro atoms. The molecule has 0 aliphatic heterocycles. The SMILES string of the molecule is Cc1cc(C)c(C)c(-c2cc3cccc(-c4ccc(CC(C)(C)C)cn4)c3c[n+]2C)c1. The molecule has 4 rings (SSSR count). The number of hydrogen-bond acceptors (Lipinski definition) is 1. The molecule has 0 amide bonds. The summed E-state index contributed by atoms with van der Waals surface area (Å²) >= 11 is 0. The summed E-state index contributed by atoms with van der Waals surface area (Å²) in [5.74, 6) is 0. The van der Waals surface area contributed by atoms with E-state index in [1.165, 1.54) is 49.8 Å². The van der Waals surface area contributed by atoms with Gasteiger partial charge in [-0.25, -0.2) is 4.57 Å². The van der Waals surface area contributed by atoms with Crippen molar-refractivity contribution in [2.45, 2.75) is 48.0 Å². The molecule has 0 N–H and O–H groups in total. The third-order valence-electron chi connectivity index (χ3n) is 6.06. The first-order valence-electron chi connectivity index (χ1n) is 11.1. The third kappa shape index (κ3) is 4.39. The van der Waals surface area contributed by atoms with Crippen molar-refractivity contribution in [3.8, 4) is 22.5 Å². The Morgan fingerprint density at radius 2 is 1.68 bits per heavy atom. The first-order valence-corrected chi connectivity index (χ1v) is 11.1. The van der Waals surface area contributed by atoms with Gasteiger partial charge in [0.05, 0.1) is 11.1 Å². The molecule has 0 aliphatic carbocycles. The van der Waals surface area contributed by atoms with Gasteiger partial charge in [0.2, 0.25) is 5.69 Å². The molecule has 0 atom stereocenters. The van der Waals surface area contributed by atoms with E-state index in [1.807, 2.05) is 6.20 Å². The van der Waals surface area contributed by atoms with Crippen LogP contribution in [0, 0.1) is 26.2 Å². The molecule has 0 saturated carbocycles. The van der Waals surface area contributed by atoms with Crippen molar-refractivity contribution in [1.82, 2.24) is 4.98 Å². The molecule has 2 heterocycles. The molecule has 0 fully saturated rings. The maximum atomic E-state index is 4.82. The molecular weight excluding hydrogens is 376 g/mol. The van der Waals surface area contributed by atoms with Gasteiger partial charge in [0.25, 0.3) is 0 Å². The Kier molecular flexibility index (Phi) is 5.43. The summed E-state index contributed by atoms with van der Waals surface area (Å²) in [5, 5.41) is 2.47. The second-order valence-electron chi connectivity index (χ2n) is 10.1. The number of aryl methyl sites for hydroxylation is 3. The van der Waals surface area contributed by atoms with Gasteiger partial charge in [0.15, 0.2) is 6.20 Å². The minimum Gasteiger partial charge on any atom is -0.256 e. The Hall–Kier alpha value is -3.00. The summed E-state index contributed by atoms with van der Waals surface area (Å²) in [5.41, 5.74) is 10.3. The van der Waals surface area contributed by atoms with Crippen LogP contribution in [0.1, 0.15) is 43.0 Å². The first kappa shape index (κ1) is 21.2. The smallest absolute Gasteiger partial charge is 0.213 e. The van der Waals surface area contributed by atoms with Crippen LogP contribution >= 0.6 is 0 Å². The monoisotopic (exact) mass is 409 g/mol. The molecule has 0 saturated heterocycles. The van der Waals surface area contributed by atoms with E-state index in [4.69, 9.17) is 4.98 Å². The fraction of sp³-hybridized carbons (Fsp3) is 0.310. The second-order valence-corrected chi connectivity index (χ2v) is 10.1. The number of fused-ring (bicyclic) bond motifs is 1. The highest BCUT2D eigenvalue weighted by molar-refractivity contribution is 5.96. The van der Waals surface area contributed by atoms with E-state index >= 15 is 0 Å². The highest BCUT2D eigenvalue weighted by Gasteiger charge is 2.18. The molecule has 0 bridgehead atoms. The maximum Gasteiger partial charge on any atom is 0.213 e. The van der Waals surface area contributed by atoms with Crippen LogP contribution in [0.25, 0.3) is 33.3 Å². The van der Waals surface area contributed by atoms with Gasteiger partial charge in [-0.2, -0.15) is 0 Å². The van der Waals surface area contributed by atoms with Crippen molar-refractivity contribution < 1.29 is 4.57 Å². The van der Waals surface area contributed by atoms with E-state index in [9.17, 15) is 0 Å². The molecule has 2 heteroatoms. The summed E-state index contributed by atoms with van der Waals surface area (Å²) in [7, 11) is 2.14. The molecule has 0 unspecified atom stereocenters. The number of aromatic nitrogens is 2. The fourth-order valence-electron chi connectivity index (χ4n) is 4.46. The van der Waals surface area contributed by atoms with Crippen molar-refractivity contribution in [2.24, 2.45) is 12.5 Å². The van der Waals surface area contributed by atoms with Gasteiger partial charge in [0.1, 0.15) is 7.05 Å². The Bertz CT molecular complexity index is 1260. The van der Waals surface area contributed by atoms with Gasteiger partial charge in [-0.3, -0.25) is 4.98 Å². The average molecular weight is 410 g/mol. The number of hydrogen-bond donors (Lipinski definition) is 0. The lowest BCUT2D eigenvalue weighted by Gasteiger charge is -2.18. The maximum absolute atomic E-state index is 4.82. The zero-order valence-corrected chi connectivity index (χ0v) is 19.9. The standard InChI is InChI=1S/C29H33N2/c1-19-13-20(2)21(3)25(14-19)28-15-23-9-8-10-24(26(23)18-31(28)7)27-12-11-22(17-30-27)16-29(4,5)6/h8-15,17-18H,16H2,1-7H3/q+1. The molecule has 0 aliphatic rings. The molecule has 2 aromatic carbocycles. The molecule has 0 radical (unpaired) electrons. The average Bonchev–Trinajstić information content (AvgIpc) is 2.69. The molecule has 2 aromatic heterocycles. The molecular formula is C29H33N2+. The van der Waals surface area contributed by atoms with Gasteiger partial charge in [-0.15, -0.1) is 0 Å². The Labute approximate surface area is 186 Å². The van der Waals surface area contributed by atoms with Crippen LogP contribution in [-0.4, -0.2) is 4.98 Å². The van der Waals surface area contributed by atoms with E-state index in [1.54, 1.807) is 0 Å². The van der Waals surface area contributed by atoms with Gasteiger partial charge in [-0.05, 0) is 66.8 Å². The van der Waals surface area contributed by atoms with Crippen LogP contribution in [0.15, 0.2) is 60.9 Å². The summed E-state index contributed by atoms with van der Waals surface area (Å²) in [6, 6.07) is 17.8.